The summed E-state index contributed by atoms with van der Waals surface area (Å²) in [5.41, 5.74) is -0.881. The number of carbonyl (C=O) groups excluding carboxylic acids is 2. The molecule has 0 aliphatic heterocycles. The first kappa shape index (κ1) is 15.6. The van der Waals surface area contributed by atoms with E-state index in [1.54, 1.807) is 12.2 Å². The lowest BCUT2D eigenvalue weighted by Gasteiger charge is -2.27. The third-order valence-corrected chi connectivity index (χ3v) is 4.49. The molecule has 1 aromatic carbocycles. The van der Waals surface area contributed by atoms with Gasteiger partial charge in [0.15, 0.2) is 0 Å². The predicted molar refractivity (Wildman–Crippen MR) is 72.8 cm³/mol. The van der Waals surface area contributed by atoms with Crippen LogP contribution in [0.3, 0.4) is 0 Å². The van der Waals surface area contributed by atoms with Crippen LogP contribution in [0.4, 0.5) is 18.9 Å². The maximum Gasteiger partial charge on any atom is 0.416 e. The highest BCUT2D eigenvalue weighted by Gasteiger charge is 2.48. The van der Waals surface area contributed by atoms with Crippen LogP contribution in [0.5, 0.6) is 0 Å². The summed E-state index contributed by atoms with van der Waals surface area (Å²) in [7, 11) is 0. The van der Waals surface area contributed by atoms with E-state index in [1.807, 2.05) is 0 Å². The van der Waals surface area contributed by atoms with Gasteiger partial charge in [-0.1, -0.05) is 18.2 Å². The molecule has 4 atom stereocenters. The van der Waals surface area contributed by atoms with E-state index in [0.717, 1.165) is 12.1 Å². The van der Waals surface area contributed by atoms with E-state index >= 15 is 0 Å². The van der Waals surface area contributed by atoms with Crippen molar-refractivity contribution in [2.45, 2.75) is 12.6 Å². The molecule has 2 bridgehead atoms. The van der Waals surface area contributed by atoms with Crippen LogP contribution in [-0.2, 0) is 15.8 Å². The number of carboxylic acids is 1. The molecule has 0 spiro atoms. The third kappa shape index (κ3) is 2.83. The lowest BCUT2D eigenvalue weighted by Crippen LogP contribution is -2.42. The summed E-state index contributed by atoms with van der Waals surface area (Å²) in [5, 5.41) is 13.7. The molecule has 1 N–H and O–H groups in total. The van der Waals surface area contributed by atoms with Crippen molar-refractivity contribution in [3.05, 3.63) is 42.0 Å². The molecule has 2 aliphatic rings. The number of halogens is 3. The maximum absolute atomic E-state index is 12.7. The molecule has 0 radical (unpaired) electrons. The van der Waals surface area contributed by atoms with Crippen molar-refractivity contribution in [2.24, 2.45) is 23.7 Å². The second-order valence-electron chi connectivity index (χ2n) is 5.89. The molecule has 1 fully saturated rings. The number of alkyl halides is 3. The van der Waals surface area contributed by atoms with Crippen LogP contribution >= 0.6 is 0 Å². The zero-order valence-electron chi connectivity index (χ0n) is 11.8. The number of allylic oxidation sites excluding steroid dienone is 2. The van der Waals surface area contributed by atoms with Crippen LogP contribution in [0.1, 0.15) is 12.0 Å². The van der Waals surface area contributed by atoms with Crippen LogP contribution < -0.4 is 10.4 Å². The van der Waals surface area contributed by atoms with Gasteiger partial charge < -0.3 is 15.2 Å². The van der Waals surface area contributed by atoms with Gasteiger partial charge in [-0.05, 0) is 36.5 Å². The molecule has 1 amide bonds. The van der Waals surface area contributed by atoms with Crippen molar-refractivity contribution in [3.63, 3.8) is 0 Å². The summed E-state index contributed by atoms with van der Waals surface area (Å²) in [6.07, 6.45) is -0.400. The molecule has 0 unspecified atom stereocenters. The summed E-state index contributed by atoms with van der Waals surface area (Å²) < 4.78 is 38.1. The zero-order chi connectivity index (χ0) is 16.8. The largest absolute Gasteiger partial charge is 0.550 e. The molecule has 2 aliphatic carbocycles. The first-order valence-corrected chi connectivity index (χ1v) is 7.14. The highest BCUT2D eigenvalue weighted by Crippen LogP contribution is 2.48. The van der Waals surface area contributed by atoms with E-state index in [0.29, 0.717) is 6.42 Å². The summed E-state index contributed by atoms with van der Waals surface area (Å²) >= 11 is 0. The van der Waals surface area contributed by atoms with E-state index in [4.69, 9.17) is 0 Å². The number of anilines is 1. The number of carboxylic acid groups (broad SMARTS) is 1. The van der Waals surface area contributed by atoms with Crippen LogP contribution in [0.15, 0.2) is 36.4 Å². The monoisotopic (exact) mass is 324 g/mol. The molecule has 0 heterocycles. The first-order valence-electron chi connectivity index (χ1n) is 7.14. The number of hydrogen-bond donors (Lipinski definition) is 1. The number of fused-ring (bicyclic) bond motifs is 2. The van der Waals surface area contributed by atoms with Crippen molar-refractivity contribution in [2.75, 3.05) is 5.32 Å². The number of rotatable bonds is 3. The molecule has 3 rings (SSSR count). The molecule has 0 saturated heterocycles. The molecule has 4 nitrogen and oxygen atoms in total. The second kappa shape index (κ2) is 5.40. The highest BCUT2D eigenvalue weighted by molar-refractivity contribution is 5.96. The number of carbonyl (C=O) groups is 2. The first-order chi connectivity index (χ1) is 10.8. The number of aliphatic carboxylic acids is 1. The summed E-state index contributed by atoms with van der Waals surface area (Å²) in [5.74, 6) is -4.10. The molecule has 1 aromatic rings. The lowest BCUT2D eigenvalue weighted by molar-refractivity contribution is -0.313. The highest BCUT2D eigenvalue weighted by atomic mass is 19.4. The number of hydrogen-bond acceptors (Lipinski definition) is 3. The van der Waals surface area contributed by atoms with Gasteiger partial charge in [-0.25, -0.2) is 0 Å². The Morgan fingerprint density at radius 1 is 1.13 bits per heavy atom. The maximum atomic E-state index is 12.7. The van der Waals surface area contributed by atoms with E-state index in [-0.39, 0.29) is 17.5 Å². The van der Waals surface area contributed by atoms with Crippen LogP contribution in [0, 0.1) is 23.7 Å². The third-order valence-electron chi connectivity index (χ3n) is 4.49. The Hall–Kier alpha value is -2.31. The topological polar surface area (TPSA) is 69.2 Å². The summed E-state index contributed by atoms with van der Waals surface area (Å²) in [4.78, 5) is 23.6. The molecular formula is C16H13F3NO3-. The summed E-state index contributed by atoms with van der Waals surface area (Å²) in [6.45, 7) is 0. The van der Waals surface area contributed by atoms with Crippen LogP contribution in [-0.4, -0.2) is 11.9 Å². The van der Waals surface area contributed by atoms with E-state index in [2.05, 4.69) is 5.32 Å². The Kier molecular flexibility index (Phi) is 3.66. The van der Waals surface area contributed by atoms with Gasteiger partial charge >= 0.3 is 6.18 Å². The molecule has 23 heavy (non-hydrogen) atoms. The van der Waals surface area contributed by atoms with Gasteiger partial charge in [-0.2, -0.15) is 13.2 Å². The Labute approximate surface area is 130 Å². The van der Waals surface area contributed by atoms with Gasteiger partial charge in [0, 0.05) is 17.6 Å². The Bertz CT molecular complexity index is 683. The standard InChI is InChI=1S/C16H14F3NO3/c17-16(18,19)10-2-1-3-11(7-10)20-14(21)12-8-4-5-9(6-8)13(12)15(22)23/h1-5,7-9,12-13H,6H2,(H,20,21)(H,22,23)/p-1/t8-,9+,12+,13+/m0/s1. The fraction of sp³-hybridized carbons (Fsp3) is 0.375. The minimum absolute atomic E-state index is 0.00586. The fourth-order valence-corrected chi connectivity index (χ4v) is 3.50. The zero-order valence-corrected chi connectivity index (χ0v) is 11.8. The van der Waals surface area contributed by atoms with Gasteiger partial charge in [0.05, 0.1) is 11.5 Å². The van der Waals surface area contributed by atoms with E-state index in [1.165, 1.54) is 12.1 Å². The SMILES string of the molecule is O=C([O-])[C@H]1[C@H](C(=O)Nc2cccc(C(F)(F)F)c2)[C@H]2C=C[C@@H]1C2. The van der Waals surface area contributed by atoms with Gasteiger partial charge in [0.2, 0.25) is 5.91 Å². The van der Waals surface area contributed by atoms with Crippen LogP contribution in [0.25, 0.3) is 0 Å². The molecule has 0 aromatic heterocycles. The fourth-order valence-electron chi connectivity index (χ4n) is 3.50. The van der Waals surface area contributed by atoms with Gasteiger partial charge in [-0.3, -0.25) is 4.79 Å². The van der Waals surface area contributed by atoms with E-state index in [9.17, 15) is 27.9 Å². The predicted octanol–water partition coefficient (Wildman–Crippen LogP) is 1.83. The minimum Gasteiger partial charge on any atom is -0.550 e. The number of nitrogens with one attached hydrogen (secondary N) is 1. The van der Waals surface area contributed by atoms with Crippen molar-refractivity contribution >= 4 is 17.6 Å². The van der Waals surface area contributed by atoms with Gasteiger partial charge in [0.25, 0.3) is 0 Å². The number of amides is 1. The van der Waals surface area contributed by atoms with E-state index < -0.39 is 35.5 Å². The normalized spacial score (nSPS) is 28.8. The van der Waals surface area contributed by atoms with Crippen molar-refractivity contribution in [1.82, 2.24) is 0 Å². The Morgan fingerprint density at radius 3 is 2.39 bits per heavy atom. The van der Waals surface area contributed by atoms with Crippen molar-refractivity contribution in [1.29, 1.82) is 0 Å². The summed E-state index contributed by atoms with van der Waals surface area (Å²) in [6, 6.07) is 4.26. The average Bonchev–Trinajstić information content (AvgIpc) is 3.07. The minimum atomic E-state index is -4.51. The Balaban J connectivity index is 1.80. The van der Waals surface area contributed by atoms with Crippen molar-refractivity contribution < 1.29 is 27.9 Å². The lowest BCUT2D eigenvalue weighted by atomic mass is 9.82. The Morgan fingerprint density at radius 2 is 1.78 bits per heavy atom. The second-order valence-corrected chi connectivity index (χ2v) is 5.89. The molecule has 1 saturated carbocycles. The molecule has 122 valence electrons. The average molecular weight is 324 g/mol. The van der Waals surface area contributed by atoms with Crippen molar-refractivity contribution in [3.8, 4) is 0 Å². The number of benzene rings is 1. The smallest absolute Gasteiger partial charge is 0.416 e. The van der Waals surface area contributed by atoms with Gasteiger partial charge in [-0.15, -0.1) is 0 Å². The molecular weight excluding hydrogens is 311 g/mol. The quantitative estimate of drug-likeness (QED) is 0.863. The van der Waals surface area contributed by atoms with Crippen LogP contribution in [0.2, 0.25) is 0 Å². The molecule has 7 heteroatoms. The van der Waals surface area contributed by atoms with Gasteiger partial charge in [0.1, 0.15) is 0 Å².